The molecule has 0 amide bonds. The number of fused-ring (bicyclic) bond motifs is 1. The Balaban J connectivity index is 1.58. The van der Waals surface area contributed by atoms with E-state index in [0.29, 0.717) is 22.5 Å². The van der Waals surface area contributed by atoms with Gasteiger partial charge in [-0.15, -0.1) is 0 Å². The molecule has 1 atom stereocenters. The SMILES string of the molecule is O=c1c2ccccc2ncn1C[C@H](O)COCc1ccc(Cl)cc1. The number of para-hydroxylation sites is 1. The maximum absolute atomic E-state index is 12.3. The smallest absolute Gasteiger partial charge is 0.261 e. The lowest BCUT2D eigenvalue weighted by Crippen LogP contribution is -2.29. The molecule has 0 saturated carbocycles. The van der Waals surface area contributed by atoms with Crippen molar-refractivity contribution in [3.63, 3.8) is 0 Å². The van der Waals surface area contributed by atoms with Gasteiger partial charge in [-0.2, -0.15) is 0 Å². The number of halogens is 1. The zero-order valence-electron chi connectivity index (χ0n) is 12.9. The first-order valence-electron chi connectivity index (χ1n) is 7.58. The molecule has 0 radical (unpaired) electrons. The summed E-state index contributed by atoms with van der Waals surface area (Å²) >= 11 is 5.82. The summed E-state index contributed by atoms with van der Waals surface area (Å²) in [4.78, 5) is 16.6. The Morgan fingerprint density at radius 2 is 1.92 bits per heavy atom. The molecular formula is C18H17ClN2O3. The van der Waals surface area contributed by atoms with Crippen molar-refractivity contribution in [2.75, 3.05) is 6.61 Å². The average molecular weight is 345 g/mol. The number of aromatic nitrogens is 2. The second kappa shape index (κ2) is 7.57. The van der Waals surface area contributed by atoms with Crippen molar-refractivity contribution in [2.45, 2.75) is 19.3 Å². The standard InChI is InChI=1S/C18H17ClN2O3/c19-14-7-5-13(6-8-14)10-24-11-15(22)9-21-12-20-17-4-2-1-3-16(17)18(21)23/h1-8,12,15,22H,9-11H2/t15-/m0/s1. The Hall–Kier alpha value is -2.21. The van der Waals surface area contributed by atoms with E-state index >= 15 is 0 Å². The van der Waals surface area contributed by atoms with E-state index in [1.54, 1.807) is 30.3 Å². The first-order valence-corrected chi connectivity index (χ1v) is 7.96. The van der Waals surface area contributed by atoms with E-state index in [1.807, 2.05) is 18.2 Å². The third kappa shape index (κ3) is 4.00. The van der Waals surface area contributed by atoms with Crippen molar-refractivity contribution in [2.24, 2.45) is 0 Å². The Bertz CT molecular complexity index is 877. The van der Waals surface area contributed by atoms with E-state index in [9.17, 15) is 9.90 Å². The second-order valence-corrected chi connectivity index (χ2v) is 5.95. The van der Waals surface area contributed by atoms with Crippen molar-refractivity contribution in [1.82, 2.24) is 9.55 Å². The summed E-state index contributed by atoms with van der Waals surface area (Å²) < 4.78 is 6.89. The minimum Gasteiger partial charge on any atom is -0.389 e. The summed E-state index contributed by atoms with van der Waals surface area (Å²) in [5, 5.41) is 11.3. The van der Waals surface area contributed by atoms with Crippen LogP contribution in [0.25, 0.3) is 10.9 Å². The van der Waals surface area contributed by atoms with E-state index in [-0.39, 0.29) is 18.7 Å². The topological polar surface area (TPSA) is 64.4 Å². The minimum atomic E-state index is -0.794. The monoisotopic (exact) mass is 344 g/mol. The fraction of sp³-hybridized carbons (Fsp3) is 0.222. The van der Waals surface area contributed by atoms with Crippen molar-refractivity contribution in [3.8, 4) is 0 Å². The fourth-order valence-corrected chi connectivity index (χ4v) is 2.54. The number of nitrogens with zero attached hydrogens (tertiary/aromatic N) is 2. The molecule has 0 fully saturated rings. The molecule has 2 aromatic carbocycles. The molecule has 1 N–H and O–H groups in total. The summed E-state index contributed by atoms with van der Waals surface area (Å²) in [6, 6.07) is 14.4. The van der Waals surface area contributed by atoms with Crippen molar-refractivity contribution in [1.29, 1.82) is 0 Å². The van der Waals surface area contributed by atoms with Gasteiger partial charge in [-0.05, 0) is 29.8 Å². The van der Waals surface area contributed by atoms with Gasteiger partial charge in [0.1, 0.15) is 0 Å². The van der Waals surface area contributed by atoms with Gasteiger partial charge in [-0.25, -0.2) is 4.98 Å². The molecule has 3 aromatic rings. The zero-order valence-corrected chi connectivity index (χ0v) is 13.7. The van der Waals surface area contributed by atoms with Crippen LogP contribution in [0.5, 0.6) is 0 Å². The highest BCUT2D eigenvalue weighted by atomic mass is 35.5. The Morgan fingerprint density at radius 3 is 2.71 bits per heavy atom. The normalized spacial score (nSPS) is 12.4. The Kier molecular flexibility index (Phi) is 5.25. The molecule has 24 heavy (non-hydrogen) atoms. The predicted octanol–water partition coefficient (Wildman–Crippen LogP) is 2.63. The average Bonchev–Trinajstić information content (AvgIpc) is 2.59. The minimum absolute atomic E-state index is 0.127. The molecule has 0 bridgehead atoms. The fourth-order valence-electron chi connectivity index (χ4n) is 2.41. The second-order valence-electron chi connectivity index (χ2n) is 5.51. The summed E-state index contributed by atoms with van der Waals surface area (Å²) in [5.41, 5.74) is 1.45. The quantitative estimate of drug-likeness (QED) is 0.746. The lowest BCUT2D eigenvalue weighted by atomic mass is 10.2. The number of hydrogen-bond acceptors (Lipinski definition) is 4. The van der Waals surface area contributed by atoms with E-state index in [1.165, 1.54) is 10.9 Å². The van der Waals surface area contributed by atoms with Crippen LogP contribution < -0.4 is 5.56 Å². The largest absolute Gasteiger partial charge is 0.389 e. The number of rotatable bonds is 6. The van der Waals surface area contributed by atoms with Crippen LogP contribution in [0.1, 0.15) is 5.56 Å². The van der Waals surface area contributed by atoms with Crippen LogP contribution in [-0.4, -0.2) is 27.4 Å². The van der Waals surface area contributed by atoms with Gasteiger partial charge in [0.25, 0.3) is 5.56 Å². The first kappa shape index (κ1) is 16.6. The van der Waals surface area contributed by atoms with E-state index in [2.05, 4.69) is 4.98 Å². The van der Waals surface area contributed by atoms with Gasteiger partial charge in [-0.1, -0.05) is 35.9 Å². The van der Waals surface area contributed by atoms with Gasteiger partial charge in [-0.3, -0.25) is 9.36 Å². The Labute approximate surface area is 144 Å². The van der Waals surface area contributed by atoms with Gasteiger partial charge in [0.15, 0.2) is 0 Å². The molecule has 0 saturated heterocycles. The molecule has 5 nitrogen and oxygen atoms in total. The summed E-state index contributed by atoms with van der Waals surface area (Å²) in [7, 11) is 0. The van der Waals surface area contributed by atoms with Crippen LogP contribution in [0.4, 0.5) is 0 Å². The molecule has 0 aliphatic carbocycles. The maximum atomic E-state index is 12.3. The number of ether oxygens (including phenoxy) is 1. The molecule has 6 heteroatoms. The van der Waals surface area contributed by atoms with E-state index in [4.69, 9.17) is 16.3 Å². The molecule has 0 aliphatic rings. The van der Waals surface area contributed by atoms with E-state index in [0.717, 1.165) is 5.56 Å². The van der Waals surface area contributed by atoms with Crippen LogP contribution in [0.2, 0.25) is 5.02 Å². The lowest BCUT2D eigenvalue weighted by molar-refractivity contribution is 0.0198. The van der Waals surface area contributed by atoms with Crippen LogP contribution in [0.15, 0.2) is 59.7 Å². The maximum Gasteiger partial charge on any atom is 0.261 e. The summed E-state index contributed by atoms with van der Waals surface area (Å²) in [6.07, 6.45) is 0.658. The summed E-state index contributed by atoms with van der Waals surface area (Å²) in [6.45, 7) is 0.637. The third-order valence-corrected chi connectivity index (χ3v) is 3.88. The molecule has 0 spiro atoms. The molecule has 1 heterocycles. The van der Waals surface area contributed by atoms with Crippen molar-refractivity contribution in [3.05, 3.63) is 75.8 Å². The van der Waals surface area contributed by atoms with Gasteiger partial charge in [0.05, 0.1) is 43.1 Å². The molecular weight excluding hydrogens is 328 g/mol. The molecule has 3 rings (SSSR count). The van der Waals surface area contributed by atoms with Gasteiger partial charge in [0.2, 0.25) is 0 Å². The van der Waals surface area contributed by atoms with Crippen LogP contribution in [0.3, 0.4) is 0 Å². The highest BCUT2D eigenvalue weighted by molar-refractivity contribution is 6.30. The first-order chi connectivity index (χ1) is 11.6. The van der Waals surface area contributed by atoms with Gasteiger partial charge in [0, 0.05) is 5.02 Å². The lowest BCUT2D eigenvalue weighted by Gasteiger charge is -2.13. The molecule has 124 valence electrons. The van der Waals surface area contributed by atoms with Gasteiger partial charge >= 0.3 is 0 Å². The summed E-state index contributed by atoms with van der Waals surface area (Å²) in [5.74, 6) is 0. The number of hydrogen-bond donors (Lipinski definition) is 1. The van der Waals surface area contributed by atoms with Crippen LogP contribution in [0, 0.1) is 0 Å². The predicted molar refractivity (Wildman–Crippen MR) is 93.1 cm³/mol. The molecule has 0 unspecified atom stereocenters. The van der Waals surface area contributed by atoms with E-state index < -0.39 is 6.10 Å². The number of aliphatic hydroxyl groups is 1. The molecule has 1 aromatic heterocycles. The zero-order chi connectivity index (χ0) is 16.9. The molecule has 0 aliphatic heterocycles. The number of aliphatic hydroxyl groups excluding tert-OH is 1. The van der Waals surface area contributed by atoms with Crippen molar-refractivity contribution < 1.29 is 9.84 Å². The highest BCUT2D eigenvalue weighted by Gasteiger charge is 2.09. The van der Waals surface area contributed by atoms with Crippen LogP contribution in [-0.2, 0) is 17.9 Å². The Morgan fingerprint density at radius 1 is 1.17 bits per heavy atom. The van der Waals surface area contributed by atoms with Gasteiger partial charge < -0.3 is 9.84 Å². The third-order valence-electron chi connectivity index (χ3n) is 3.63. The van der Waals surface area contributed by atoms with Crippen molar-refractivity contribution >= 4 is 22.5 Å². The van der Waals surface area contributed by atoms with Crippen LogP contribution >= 0.6 is 11.6 Å². The highest BCUT2D eigenvalue weighted by Crippen LogP contribution is 2.10. The number of benzene rings is 2.